The number of carboxylic acids is 5. The summed E-state index contributed by atoms with van der Waals surface area (Å²) >= 11 is 0. The number of hydrogen-bond acceptors (Lipinski definition) is 5. The summed E-state index contributed by atoms with van der Waals surface area (Å²) < 4.78 is 0. The van der Waals surface area contributed by atoms with Crippen molar-refractivity contribution < 1.29 is 89.4 Å². The van der Waals surface area contributed by atoms with E-state index in [1.165, 1.54) is 0 Å². The fourth-order valence-corrected chi connectivity index (χ4v) is 0. The van der Waals surface area contributed by atoms with E-state index in [9.17, 15) is 0 Å². The Kier molecular flexibility index (Phi) is 113. The summed E-state index contributed by atoms with van der Waals surface area (Å²) in [6, 6.07) is 0. The molecule has 0 aliphatic heterocycles. The first-order valence-electron chi connectivity index (χ1n) is 5.64. The molecule has 0 spiro atoms. The van der Waals surface area contributed by atoms with Gasteiger partial charge in [0.1, 0.15) is 0 Å². The minimum Gasteiger partial charge on any atom is -0.481 e. The number of rotatable bonds is 0. The average Bonchev–Trinajstić information content (AvgIpc) is 2.29. The van der Waals surface area contributed by atoms with Crippen molar-refractivity contribution in [3.63, 3.8) is 0 Å². The van der Waals surface area contributed by atoms with E-state index in [-0.39, 0.29) is 39.9 Å². The monoisotopic (exact) mass is 514 g/mol. The van der Waals surface area contributed by atoms with Crippen molar-refractivity contribution in [3.8, 4) is 0 Å². The second-order valence-electron chi connectivity index (χ2n) is 2.60. The molecule has 0 amide bonds. The van der Waals surface area contributed by atoms with E-state index >= 15 is 0 Å². The SMILES string of the molecule is C=C.C=C.CC(=O)O.CC(=O)O.CC(=O)O.CC(=O)O.CC(=O)O.[Gd]. The van der Waals surface area contributed by atoms with Crippen LogP contribution in [-0.4, -0.2) is 55.4 Å². The summed E-state index contributed by atoms with van der Waals surface area (Å²) in [5.74, 6) is -4.17. The van der Waals surface area contributed by atoms with Crippen LogP contribution in [0, 0.1) is 39.9 Å². The van der Waals surface area contributed by atoms with Crippen molar-refractivity contribution in [2.75, 3.05) is 0 Å². The molecule has 0 aromatic heterocycles. The van der Waals surface area contributed by atoms with Crippen LogP contribution in [0.5, 0.6) is 0 Å². The van der Waals surface area contributed by atoms with Crippen LogP contribution in [0.4, 0.5) is 0 Å². The molecule has 0 heterocycles. The molecule has 0 aliphatic carbocycles. The van der Waals surface area contributed by atoms with Crippen molar-refractivity contribution >= 4 is 29.8 Å². The first-order chi connectivity index (χ1) is 10.7. The third kappa shape index (κ3) is 2640. The fourth-order valence-electron chi connectivity index (χ4n) is 0. The van der Waals surface area contributed by atoms with Crippen LogP contribution < -0.4 is 0 Å². The van der Waals surface area contributed by atoms with Gasteiger partial charge >= 0.3 is 0 Å². The maximum atomic E-state index is 9.00. The zero-order valence-electron chi connectivity index (χ0n) is 15.0. The van der Waals surface area contributed by atoms with Crippen molar-refractivity contribution in [1.29, 1.82) is 0 Å². The number of carboxylic acid groups (broad SMARTS) is 5. The Balaban J connectivity index is -0.0000000227. The van der Waals surface area contributed by atoms with Gasteiger partial charge in [-0.3, -0.25) is 24.0 Å². The zero-order chi connectivity index (χ0) is 21.9. The third-order valence-electron chi connectivity index (χ3n) is 0. The number of aliphatic carboxylic acids is 5. The van der Waals surface area contributed by atoms with E-state index in [2.05, 4.69) is 26.3 Å². The molecule has 0 saturated carbocycles. The molecule has 0 aromatic rings. The van der Waals surface area contributed by atoms with Gasteiger partial charge in [0.05, 0.1) is 0 Å². The van der Waals surface area contributed by atoms with Gasteiger partial charge < -0.3 is 25.5 Å². The van der Waals surface area contributed by atoms with E-state index in [4.69, 9.17) is 49.5 Å². The van der Waals surface area contributed by atoms with Crippen molar-refractivity contribution in [3.05, 3.63) is 26.3 Å². The summed E-state index contributed by atoms with van der Waals surface area (Å²) in [6.07, 6.45) is 0. The summed E-state index contributed by atoms with van der Waals surface area (Å²) in [5.41, 5.74) is 0. The van der Waals surface area contributed by atoms with E-state index in [0.29, 0.717) is 0 Å². The van der Waals surface area contributed by atoms with Crippen LogP contribution >= 0.6 is 0 Å². The Bertz CT molecular complexity index is 238. The first kappa shape index (κ1) is 49.5. The van der Waals surface area contributed by atoms with Crippen LogP contribution in [0.15, 0.2) is 26.3 Å². The van der Waals surface area contributed by atoms with Gasteiger partial charge in [-0.2, -0.15) is 0 Å². The molecule has 0 bridgehead atoms. The molecule has 0 radical (unpaired) electrons. The van der Waals surface area contributed by atoms with Gasteiger partial charge in [0.2, 0.25) is 0 Å². The van der Waals surface area contributed by atoms with Gasteiger partial charge in [-0.15, -0.1) is 26.3 Å². The second-order valence-corrected chi connectivity index (χ2v) is 2.60. The van der Waals surface area contributed by atoms with Crippen molar-refractivity contribution in [2.45, 2.75) is 34.6 Å². The van der Waals surface area contributed by atoms with Crippen LogP contribution in [0.3, 0.4) is 0 Å². The number of carbonyl (C=O) groups is 5. The van der Waals surface area contributed by atoms with Crippen LogP contribution in [0.2, 0.25) is 0 Å². The molecule has 0 fully saturated rings. The van der Waals surface area contributed by atoms with E-state index in [1.54, 1.807) is 0 Å². The predicted molar refractivity (Wildman–Crippen MR) is 89.1 cm³/mol. The Morgan fingerprint density at radius 3 is 0.440 bits per heavy atom. The summed E-state index contributed by atoms with van der Waals surface area (Å²) in [7, 11) is 0. The third-order valence-corrected chi connectivity index (χ3v) is 0. The molecule has 11 heteroatoms. The number of hydrogen-bond donors (Lipinski definition) is 5. The molecule has 0 atom stereocenters. The molecule has 10 nitrogen and oxygen atoms in total. The smallest absolute Gasteiger partial charge is 0.300 e. The van der Waals surface area contributed by atoms with Crippen molar-refractivity contribution in [1.82, 2.24) is 0 Å². The van der Waals surface area contributed by atoms with Gasteiger partial charge in [-0.1, -0.05) is 0 Å². The van der Waals surface area contributed by atoms with Gasteiger partial charge in [0, 0.05) is 74.6 Å². The van der Waals surface area contributed by atoms with Gasteiger partial charge in [-0.05, 0) is 0 Å². The van der Waals surface area contributed by atoms with Crippen LogP contribution in [-0.2, 0) is 24.0 Å². The molecule has 0 aliphatic rings. The largest absolute Gasteiger partial charge is 0.481 e. The Labute approximate surface area is 179 Å². The molecule has 0 unspecified atom stereocenters. The fraction of sp³-hybridized carbons (Fsp3) is 0.357. The quantitative estimate of drug-likeness (QED) is 0.300. The predicted octanol–water partition coefficient (Wildman–Crippen LogP) is 2.06. The minimum atomic E-state index is -0.833. The standard InChI is InChI=1S/5C2H4O2.2C2H4.Gd/c5*1-2(3)4;2*1-2;/h5*1H3,(H,3,4);2*1-2H2;. The molecule has 0 rings (SSSR count). The van der Waals surface area contributed by atoms with E-state index < -0.39 is 29.8 Å². The zero-order valence-corrected chi connectivity index (χ0v) is 17.2. The summed E-state index contributed by atoms with van der Waals surface area (Å²) in [5, 5.41) is 37.1. The maximum absolute atomic E-state index is 9.00. The van der Waals surface area contributed by atoms with Gasteiger partial charge in [0.15, 0.2) is 0 Å². The Hall–Kier alpha value is -1.85. The minimum absolute atomic E-state index is 0. The molecule has 5 N–H and O–H groups in total. The van der Waals surface area contributed by atoms with Gasteiger partial charge in [0.25, 0.3) is 29.8 Å². The van der Waals surface area contributed by atoms with Crippen LogP contribution in [0.1, 0.15) is 34.6 Å². The average molecular weight is 514 g/mol. The molecular weight excluding hydrogens is 485 g/mol. The van der Waals surface area contributed by atoms with E-state index in [0.717, 1.165) is 34.6 Å². The molecule has 0 saturated heterocycles. The maximum Gasteiger partial charge on any atom is 0.300 e. The topological polar surface area (TPSA) is 186 Å². The summed E-state index contributed by atoms with van der Waals surface area (Å²) in [4.78, 5) is 45.0. The normalized spacial score (nSPS) is 5.32. The molecular formula is C14H28GdO10. The van der Waals surface area contributed by atoms with Crippen molar-refractivity contribution in [2.24, 2.45) is 0 Å². The first-order valence-corrected chi connectivity index (χ1v) is 5.64. The van der Waals surface area contributed by atoms with Gasteiger partial charge in [-0.25, -0.2) is 0 Å². The van der Waals surface area contributed by atoms with Crippen LogP contribution in [0.25, 0.3) is 0 Å². The Morgan fingerprint density at radius 1 is 0.440 bits per heavy atom. The second kappa shape index (κ2) is 57.3. The summed E-state index contributed by atoms with van der Waals surface area (Å²) in [6.45, 7) is 17.4. The Morgan fingerprint density at radius 2 is 0.440 bits per heavy atom. The molecule has 25 heavy (non-hydrogen) atoms. The molecule has 152 valence electrons. The van der Waals surface area contributed by atoms with E-state index in [1.807, 2.05) is 0 Å². The molecule has 0 aromatic carbocycles.